The van der Waals surface area contributed by atoms with Crippen LogP contribution >= 0.6 is 0 Å². The highest BCUT2D eigenvalue weighted by atomic mass is 16.5. The molecule has 2 aromatic heterocycles. The van der Waals surface area contributed by atoms with E-state index in [1.165, 1.54) is 11.8 Å². The molecule has 0 aliphatic heterocycles. The maximum absolute atomic E-state index is 12.9. The number of esters is 1. The molecule has 4 rings (SSSR count). The van der Waals surface area contributed by atoms with Gasteiger partial charge >= 0.3 is 5.97 Å². The van der Waals surface area contributed by atoms with Gasteiger partial charge in [0.05, 0.1) is 23.7 Å². The van der Waals surface area contributed by atoms with Gasteiger partial charge in [-0.2, -0.15) is 9.78 Å². The maximum Gasteiger partial charge on any atom is 0.337 e. The fraction of sp³-hybridized carbons (Fsp3) is 0.0476. The number of ether oxygens (including phenoxy) is 1. The molecule has 0 aliphatic carbocycles. The van der Waals surface area contributed by atoms with Crippen LogP contribution in [0.2, 0.25) is 0 Å². The average Bonchev–Trinajstić information content (AvgIpc) is 2.74. The Bertz CT molecular complexity index is 1200. The summed E-state index contributed by atoms with van der Waals surface area (Å²) in [6.45, 7) is 0. The Balaban J connectivity index is 2.02. The predicted octanol–water partition coefficient (Wildman–Crippen LogP) is 3.23. The van der Waals surface area contributed by atoms with E-state index >= 15 is 0 Å². The molecule has 0 saturated carbocycles. The fourth-order valence-electron chi connectivity index (χ4n) is 2.92. The second-order valence-corrected chi connectivity index (χ2v) is 5.87. The Morgan fingerprint density at radius 2 is 1.81 bits per heavy atom. The van der Waals surface area contributed by atoms with Crippen LogP contribution in [-0.2, 0) is 4.74 Å². The van der Waals surface area contributed by atoms with Gasteiger partial charge in [-0.05, 0) is 36.4 Å². The van der Waals surface area contributed by atoms with Crippen molar-refractivity contribution in [1.82, 2.24) is 14.8 Å². The van der Waals surface area contributed by atoms with E-state index in [1.807, 2.05) is 36.4 Å². The number of nitrogens with zero attached hydrogens (tertiary/aromatic N) is 3. The number of hydrogen-bond acceptors (Lipinski definition) is 5. The van der Waals surface area contributed by atoms with Crippen molar-refractivity contribution in [3.63, 3.8) is 0 Å². The van der Waals surface area contributed by atoms with Crippen molar-refractivity contribution < 1.29 is 9.53 Å². The van der Waals surface area contributed by atoms with Crippen LogP contribution < -0.4 is 5.56 Å². The normalized spacial score (nSPS) is 10.7. The second kappa shape index (κ2) is 6.84. The molecule has 0 amide bonds. The number of pyridine rings is 1. The van der Waals surface area contributed by atoms with Crippen molar-refractivity contribution in [2.24, 2.45) is 0 Å². The molecule has 6 nitrogen and oxygen atoms in total. The minimum atomic E-state index is -0.439. The van der Waals surface area contributed by atoms with Crippen LogP contribution in [0, 0.1) is 0 Å². The summed E-state index contributed by atoms with van der Waals surface area (Å²) < 4.78 is 6.15. The van der Waals surface area contributed by atoms with Gasteiger partial charge < -0.3 is 4.74 Å². The zero-order valence-electron chi connectivity index (χ0n) is 14.5. The molecule has 4 aromatic rings. The summed E-state index contributed by atoms with van der Waals surface area (Å²) in [5, 5.41) is 5.01. The average molecular weight is 357 g/mol. The zero-order valence-corrected chi connectivity index (χ0v) is 14.5. The topological polar surface area (TPSA) is 74.1 Å². The van der Waals surface area contributed by atoms with E-state index in [1.54, 1.807) is 36.5 Å². The summed E-state index contributed by atoms with van der Waals surface area (Å²) in [7, 11) is 1.33. The molecule has 0 spiro atoms. The molecule has 0 fully saturated rings. The number of carbonyl (C=O) groups is 1. The summed E-state index contributed by atoms with van der Waals surface area (Å²) >= 11 is 0. The lowest BCUT2D eigenvalue weighted by atomic mass is 10.1. The van der Waals surface area contributed by atoms with Gasteiger partial charge in [0, 0.05) is 11.8 Å². The molecule has 0 radical (unpaired) electrons. The lowest BCUT2D eigenvalue weighted by Gasteiger charge is -2.11. The fourth-order valence-corrected chi connectivity index (χ4v) is 2.92. The number of fused-ring (bicyclic) bond motifs is 1. The molecule has 27 heavy (non-hydrogen) atoms. The van der Waals surface area contributed by atoms with Crippen molar-refractivity contribution in [3.8, 4) is 16.9 Å². The van der Waals surface area contributed by atoms with Crippen molar-refractivity contribution in [2.45, 2.75) is 0 Å². The first-order valence-electron chi connectivity index (χ1n) is 8.31. The van der Waals surface area contributed by atoms with Gasteiger partial charge in [-0.25, -0.2) is 4.79 Å². The number of rotatable bonds is 3. The Kier molecular flexibility index (Phi) is 4.22. The smallest absolute Gasteiger partial charge is 0.337 e. The standard InChI is InChI=1S/C21H15N3O3/c1-27-21(26)15-8-5-7-14(13-15)18-19-17(11-6-12-22-19)20(25)24(23-18)16-9-3-2-4-10-16/h2-13H,1H3. The molecule has 0 N–H and O–H groups in total. The first kappa shape index (κ1) is 16.7. The molecule has 0 unspecified atom stereocenters. The zero-order chi connectivity index (χ0) is 18.8. The largest absolute Gasteiger partial charge is 0.465 e. The molecule has 2 heterocycles. The summed E-state index contributed by atoms with van der Waals surface area (Å²) in [5.74, 6) is -0.439. The van der Waals surface area contributed by atoms with Crippen molar-refractivity contribution in [2.75, 3.05) is 7.11 Å². The van der Waals surface area contributed by atoms with E-state index in [9.17, 15) is 9.59 Å². The van der Waals surface area contributed by atoms with E-state index in [0.717, 1.165) is 0 Å². The third-order valence-corrected chi connectivity index (χ3v) is 4.21. The summed E-state index contributed by atoms with van der Waals surface area (Å²) in [6.07, 6.45) is 1.62. The van der Waals surface area contributed by atoms with Crippen molar-refractivity contribution in [1.29, 1.82) is 0 Å². The van der Waals surface area contributed by atoms with E-state index in [4.69, 9.17) is 4.74 Å². The number of hydrogen-bond donors (Lipinski definition) is 0. The molecule has 0 atom stereocenters. The van der Waals surface area contributed by atoms with E-state index < -0.39 is 5.97 Å². The van der Waals surface area contributed by atoms with Crippen LogP contribution in [0.1, 0.15) is 10.4 Å². The third-order valence-electron chi connectivity index (χ3n) is 4.21. The molecular formula is C21H15N3O3. The summed E-state index contributed by atoms with van der Waals surface area (Å²) in [5.41, 5.74) is 2.47. The van der Waals surface area contributed by atoms with Crippen LogP contribution in [0.25, 0.3) is 27.8 Å². The SMILES string of the molecule is COC(=O)c1cccc(-c2nn(-c3ccccc3)c(=O)c3cccnc23)c1. The van der Waals surface area contributed by atoms with E-state index in [-0.39, 0.29) is 5.56 Å². The van der Waals surface area contributed by atoms with Crippen LogP contribution in [0.4, 0.5) is 0 Å². The Morgan fingerprint density at radius 3 is 2.59 bits per heavy atom. The summed E-state index contributed by atoms with van der Waals surface area (Å²) in [4.78, 5) is 29.2. The Hall–Kier alpha value is -3.80. The van der Waals surface area contributed by atoms with Crippen LogP contribution in [0.5, 0.6) is 0 Å². The minimum absolute atomic E-state index is 0.253. The molecule has 0 aliphatic rings. The van der Waals surface area contributed by atoms with Gasteiger partial charge in [-0.1, -0.05) is 30.3 Å². The minimum Gasteiger partial charge on any atom is -0.465 e. The van der Waals surface area contributed by atoms with Crippen LogP contribution in [-0.4, -0.2) is 27.8 Å². The van der Waals surface area contributed by atoms with Gasteiger partial charge in [0.15, 0.2) is 0 Å². The lowest BCUT2D eigenvalue weighted by molar-refractivity contribution is 0.0601. The molecule has 2 aromatic carbocycles. The highest BCUT2D eigenvalue weighted by Gasteiger charge is 2.15. The maximum atomic E-state index is 12.9. The number of carbonyl (C=O) groups excluding carboxylic acids is 1. The highest BCUT2D eigenvalue weighted by molar-refractivity contribution is 5.94. The summed E-state index contributed by atoms with van der Waals surface area (Å²) in [6, 6.07) is 19.5. The molecule has 0 bridgehead atoms. The van der Waals surface area contributed by atoms with E-state index in [2.05, 4.69) is 10.1 Å². The molecular weight excluding hydrogens is 342 g/mol. The van der Waals surface area contributed by atoms with Gasteiger partial charge in [-0.15, -0.1) is 0 Å². The Labute approximate surface area is 154 Å². The third kappa shape index (κ3) is 2.97. The lowest BCUT2D eigenvalue weighted by Crippen LogP contribution is -2.22. The quantitative estimate of drug-likeness (QED) is 0.526. The van der Waals surface area contributed by atoms with E-state index in [0.29, 0.717) is 33.4 Å². The van der Waals surface area contributed by atoms with Crippen molar-refractivity contribution in [3.05, 3.63) is 88.8 Å². The molecule has 132 valence electrons. The van der Waals surface area contributed by atoms with Gasteiger partial charge in [-0.3, -0.25) is 9.78 Å². The van der Waals surface area contributed by atoms with Gasteiger partial charge in [0.2, 0.25) is 0 Å². The second-order valence-electron chi connectivity index (χ2n) is 5.87. The predicted molar refractivity (Wildman–Crippen MR) is 102 cm³/mol. The Morgan fingerprint density at radius 1 is 1.00 bits per heavy atom. The van der Waals surface area contributed by atoms with Crippen LogP contribution in [0.3, 0.4) is 0 Å². The highest BCUT2D eigenvalue weighted by Crippen LogP contribution is 2.24. The number of aromatic nitrogens is 3. The number of benzene rings is 2. The first-order valence-corrected chi connectivity index (χ1v) is 8.31. The van der Waals surface area contributed by atoms with Crippen molar-refractivity contribution >= 4 is 16.9 Å². The van der Waals surface area contributed by atoms with Gasteiger partial charge in [0.1, 0.15) is 11.2 Å². The van der Waals surface area contributed by atoms with Crippen LogP contribution in [0.15, 0.2) is 77.7 Å². The molecule has 6 heteroatoms. The first-order chi connectivity index (χ1) is 13.2. The number of methoxy groups -OCH3 is 1. The molecule has 0 saturated heterocycles. The number of para-hydroxylation sites is 1. The monoisotopic (exact) mass is 357 g/mol. The van der Waals surface area contributed by atoms with Gasteiger partial charge in [0.25, 0.3) is 5.56 Å².